The van der Waals surface area contributed by atoms with E-state index in [1.54, 1.807) is 65.8 Å². The summed E-state index contributed by atoms with van der Waals surface area (Å²) in [6.07, 6.45) is -1.33. The van der Waals surface area contributed by atoms with Crippen LogP contribution in [-0.4, -0.2) is 121 Å². The Bertz CT molecular complexity index is 1130. The maximum Gasteiger partial charge on any atom is 0.407 e. The molecule has 2 aliphatic heterocycles. The molecule has 0 aliphatic carbocycles. The van der Waals surface area contributed by atoms with Gasteiger partial charge in [0.1, 0.15) is 25.1 Å². The molecule has 4 N–H and O–H groups in total. The number of nitrogens with zero attached hydrogens (tertiary/aromatic N) is 1. The molecule has 2 heterocycles. The van der Waals surface area contributed by atoms with Crippen LogP contribution in [0.2, 0.25) is 0 Å². The van der Waals surface area contributed by atoms with Gasteiger partial charge in [0.2, 0.25) is 0 Å². The van der Waals surface area contributed by atoms with E-state index in [9.17, 15) is 34.5 Å². The van der Waals surface area contributed by atoms with Crippen LogP contribution in [0.5, 0.6) is 0 Å². The SMILES string of the molecule is C=CCNC(=O)OC[C@H]1/C=C(C)/C=C\C(=O)[C@H](C)CC(C=O)[C@H](O[C@@H]2O[C@H](C)[C@@H](O)[C@H](N(C)C)[C@H]2O)[C@@H](C)[C@H](O)CC(=O)O[C@@H]1CC. The highest BCUT2D eigenvalue weighted by Gasteiger charge is 2.47. The van der Waals surface area contributed by atoms with Crippen molar-refractivity contribution in [2.45, 2.75) is 103 Å². The number of hydrogen-bond acceptors (Lipinski definition) is 12. The van der Waals surface area contributed by atoms with Crippen LogP contribution in [0.25, 0.3) is 0 Å². The summed E-state index contributed by atoms with van der Waals surface area (Å²) in [4.78, 5) is 52.7. The second-order valence-electron chi connectivity index (χ2n) is 12.8. The van der Waals surface area contributed by atoms with Gasteiger partial charge in [0, 0.05) is 30.2 Å². The lowest BCUT2D eigenvalue weighted by molar-refractivity contribution is -0.302. The monoisotopic (exact) mass is 666 g/mol. The number of aliphatic hydroxyl groups excluding tert-OH is 3. The van der Waals surface area contributed by atoms with Gasteiger partial charge in [0.05, 0.1) is 36.9 Å². The first-order valence-corrected chi connectivity index (χ1v) is 16.2. The van der Waals surface area contributed by atoms with Gasteiger partial charge in [-0.15, -0.1) is 6.58 Å². The summed E-state index contributed by atoms with van der Waals surface area (Å²) in [5.74, 6) is -3.97. The van der Waals surface area contributed by atoms with Crippen LogP contribution < -0.4 is 5.32 Å². The predicted molar refractivity (Wildman–Crippen MR) is 173 cm³/mol. The number of cyclic esters (lactones) is 1. The molecule has 2 aliphatic rings. The van der Waals surface area contributed by atoms with Gasteiger partial charge in [-0.25, -0.2) is 4.79 Å². The molecule has 0 spiro atoms. The van der Waals surface area contributed by atoms with Gasteiger partial charge in [0.25, 0.3) is 0 Å². The molecule has 12 atom stereocenters. The average Bonchev–Trinajstić information content (AvgIpc) is 3.02. The first-order valence-electron chi connectivity index (χ1n) is 16.2. The lowest BCUT2D eigenvalue weighted by Gasteiger charge is -2.46. The molecule has 266 valence electrons. The Labute approximate surface area is 277 Å². The van der Waals surface area contributed by atoms with E-state index in [1.165, 1.54) is 12.2 Å². The fraction of sp³-hybridized carbons (Fsp3) is 0.706. The van der Waals surface area contributed by atoms with E-state index in [2.05, 4.69) is 11.9 Å². The highest BCUT2D eigenvalue weighted by Crippen LogP contribution is 2.32. The normalized spacial score (nSPS) is 38.1. The third-order valence-corrected chi connectivity index (χ3v) is 8.85. The topological polar surface area (TPSA) is 181 Å². The molecule has 2 rings (SSSR count). The molecule has 0 bridgehead atoms. The number of likely N-dealkylation sites (N-methyl/N-ethyl adjacent to an activating group) is 1. The Hall–Kier alpha value is -2.94. The molecule has 1 unspecified atom stereocenters. The van der Waals surface area contributed by atoms with E-state index in [1.807, 2.05) is 0 Å². The number of carbonyl (C=O) groups excluding carboxylic acids is 4. The smallest absolute Gasteiger partial charge is 0.407 e. The zero-order valence-electron chi connectivity index (χ0n) is 28.6. The molecule has 0 aromatic carbocycles. The number of nitrogens with one attached hydrogen (secondary N) is 1. The van der Waals surface area contributed by atoms with Gasteiger partial charge in [-0.2, -0.15) is 0 Å². The average molecular weight is 667 g/mol. The number of ether oxygens (including phenoxy) is 4. The number of allylic oxidation sites excluding steroid dienone is 3. The molecule has 1 saturated heterocycles. The molecule has 0 saturated carbocycles. The molecule has 13 heteroatoms. The third kappa shape index (κ3) is 11.6. The number of aliphatic hydroxyl groups is 3. The number of alkyl carbamates (subject to hydrolysis) is 1. The molecule has 1 amide bonds. The van der Waals surface area contributed by atoms with Crippen molar-refractivity contribution in [1.29, 1.82) is 0 Å². The fourth-order valence-electron chi connectivity index (χ4n) is 5.98. The molecule has 47 heavy (non-hydrogen) atoms. The van der Waals surface area contributed by atoms with Crippen molar-refractivity contribution in [2.24, 2.45) is 23.7 Å². The summed E-state index contributed by atoms with van der Waals surface area (Å²) in [7, 11) is 3.39. The molecule has 13 nitrogen and oxygen atoms in total. The number of ketones is 1. The van der Waals surface area contributed by atoms with E-state index >= 15 is 0 Å². The quantitative estimate of drug-likeness (QED) is 0.160. The minimum absolute atomic E-state index is 0.0495. The maximum absolute atomic E-state index is 13.2. The predicted octanol–water partition coefficient (Wildman–Crippen LogP) is 1.93. The van der Waals surface area contributed by atoms with E-state index in [4.69, 9.17) is 18.9 Å². The van der Waals surface area contributed by atoms with Crippen molar-refractivity contribution < 1.29 is 53.4 Å². The Kier molecular flexibility index (Phi) is 16.4. The van der Waals surface area contributed by atoms with Gasteiger partial charge in [0.15, 0.2) is 12.1 Å². The Morgan fingerprint density at radius 2 is 1.83 bits per heavy atom. The third-order valence-electron chi connectivity index (χ3n) is 8.85. The summed E-state index contributed by atoms with van der Waals surface area (Å²) in [5.41, 5.74) is 0.657. The van der Waals surface area contributed by atoms with Gasteiger partial charge in [-0.3, -0.25) is 9.59 Å². The van der Waals surface area contributed by atoms with Gasteiger partial charge in [-0.05, 0) is 46.9 Å². The minimum Gasteiger partial charge on any atom is -0.462 e. The van der Waals surface area contributed by atoms with Crippen LogP contribution in [0, 0.1) is 23.7 Å². The van der Waals surface area contributed by atoms with Crippen molar-refractivity contribution in [3.8, 4) is 0 Å². The van der Waals surface area contributed by atoms with Crippen LogP contribution in [-0.2, 0) is 33.3 Å². The summed E-state index contributed by atoms with van der Waals surface area (Å²) in [5, 5.41) is 35.6. The van der Waals surface area contributed by atoms with Gasteiger partial charge >= 0.3 is 12.1 Å². The van der Waals surface area contributed by atoms with Crippen LogP contribution in [0.4, 0.5) is 4.79 Å². The van der Waals surface area contributed by atoms with E-state index in [-0.39, 0.29) is 25.4 Å². The van der Waals surface area contributed by atoms with Crippen molar-refractivity contribution in [3.05, 3.63) is 36.5 Å². The molecule has 0 aromatic rings. The van der Waals surface area contributed by atoms with Crippen molar-refractivity contribution in [3.63, 3.8) is 0 Å². The van der Waals surface area contributed by atoms with Crippen LogP contribution in [0.15, 0.2) is 36.5 Å². The number of amides is 1. The second kappa shape index (κ2) is 19.2. The molecule has 0 aromatic heterocycles. The highest BCUT2D eigenvalue weighted by atomic mass is 16.7. The Morgan fingerprint density at radius 3 is 2.43 bits per heavy atom. The number of rotatable bonds is 9. The maximum atomic E-state index is 13.2. The van der Waals surface area contributed by atoms with E-state index in [0.29, 0.717) is 18.3 Å². The van der Waals surface area contributed by atoms with Crippen molar-refractivity contribution in [2.75, 3.05) is 27.2 Å². The lowest BCUT2D eigenvalue weighted by Crippen LogP contribution is -2.63. The second-order valence-corrected chi connectivity index (χ2v) is 12.8. The van der Waals surface area contributed by atoms with Crippen LogP contribution in [0.3, 0.4) is 0 Å². The van der Waals surface area contributed by atoms with Crippen LogP contribution in [0.1, 0.15) is 53.9 Å². The zero-order chi connectivity index (χ0) is 35.4. The lowest BCUT2D eigenvalue weighted by atomic mass is 9.81. The van der Waals surface area contributed by atoms with Crippen molar-refractivity contribution >= 4 is 24.1 Å². The van der Waals surface area contributed by atoms with E-state index < -0.39 is 91.1 Å². The Balaban J connectivity index is 2.46. The number of aldehydes is 1. The number of esters is 1. The van der Waals surface area contributed by atoms with Gasteiger partial charge in [-0.1, -0.05) is 44.6 Å². The summed E-state index contributed by atoms with van der Waals surface area (Å²) >= 11 is 0. The molecule has 1 fully saturated rings. The Morgan fingerprint density at radius 1 is 1.15 bits per heavy atom. The summed E-state index contributed by atoms with van der Waals surface area (Å²) in [6, 6.07) is -0.752. The zero-order valence-corrected chi connectivity index (χ0v) is 28.6. The standard InChI is InChI=1S/C34H54N2O11/c1-9-13-35-34(43)44-18-24-14-19(3)11-12-25(38)20(4)15-23(17-37)32(21(5)26(39)16-28(40)46-27(24)10-2)47-33-31(42)29(36(7)8)30(41)22(6)45-33/h9,11-12,14,17,20-24,26-27,29-33,39,41-42H,1,10,13,15-16,18H2,2-8H3,(H,35,43)/b12-11-,19-14+/t20-,21+,22-,23?,24-,26-,27-,29+,30-,31-,32-,33+/m1/s1. The minimum atomic E-state index is -1.35. The summed E-state index contributed by atoms with van der Waals surface area (Å²) in [6.45, 7) is 12.1. The molecular formula is C34H54N2O11. The highest BCUT2D eigenvalue weighted by molar-refractivity contribution is 5.92. The number of hydrogen-bond donors (Lipinski definition) is 4. The summed E-state index contributed by atoms with van der Waals surface area (Å²) < 4.78 is 23.2. The first-order chi connectivity index (χ1) is 22.1. The number of carbonyl (C=O) groups is 4. The van der Waals surface area contributed by atoms with E-state index in [0.717, 1.165) is 0 Å². The molecular weight excluding hydrogens is 612 g/mol. The van der Waals surface area contributed by atoms with Gasteiger partial charge < -0.3 is 49.3 Å². The molecule has 0 radical (unpaired) electrons. The fourth-order valence-corrected chi connectivity index (χ4v) is 5.98. The van der Waals surface area contributed by atoms with Crippen LogP contribution >= 0.6 is 0 Å². The largest absolute Gasteiger partial charge is 0.462 e. The first kappa shape index (κ1) is 40.2. The van der Waals surface area contributed by atoms with Crippen molar-refractivity contribution in [1.82, 2.24) is 10.2 Å².